The quantitative estimate of drug-likeness (QED) is 0.454. The first-order chi connectivity index (χ1) is 13.6. The van der Waals surface area contributed by atoms with E-state index in [1.54, 1.807) is 36.4 Å². The zero-order valence-corrected chi connectivity index (χ0v) is 15.1. The molecule has 140 valence electrons. The Morgan fingerprint density at radius 2 is 1.79 bits per heavy atom. The number of hydrogen-bond donors (Lipinski definition) is 0. The summed E-state index contributed by atoms with van der Waals surface area (Å²) in [5.74, 6) is 0.955. The fraction of sp³-hybridized carbons (Fsp3) is 0.0870. The molecule has 0 bridgehead atoms. The predicted octanol–water partition coefficient (Wildman–Crippen LogP) is 5.61. The summed E-state index contributed by atoms with van der Waals surface area (Å²) in [5, 5.41) is 0.402. The van der Waals surface area contributed by atoms with Gasteiger partial charge in [0.1, 0.15) is 35.8 Å². The van der Waals surface area contributed by atoms with E-state index in [4.69, 9.17) is 13.9 Å². The summed E-state index contributed by atoms with van der Waals surface area (Å²) in [4.78, 5) is 12.7. The van der Waals surface area contributed by atoms with Gasteiger partial charge in [-0.3, -0.25) is 4.79 Å². The second kappa shape index (κ2) is 7.56. The Morgan fingerprint density at radius 1 is 0.964 bits per heavy atom. The van der Waals surface area contributed by atoms with Gasteiger partial charge in [-0.25, -0.2) is 4.39 Å². The zero-order chi connectivity index (χ0) is 19.5. The van der Waals surface area contributed by atoms with Gasteiger partial charge in [0.15, 0.2) is 0 Å². The van der Waals surface area contributed by atoms with Crippen molar-refractivity contribution in [3.63, 3.8) is 0 Å². The number of fused-ring (bicyclic) bond motifs is 1. The van der Waals surface area contributed by atoms with Crippen LogP contribution in [0, 0.1) is 12.7 Å². The van der Waals surface area contributed by atoms with Gasteiger partial charge in [-0.05, 0) is 54.4 Å². The maximum Gasteiger partial charge on any atom is 0.235 e. The van der Waals surface area contributed by atoms with Crippen LogP contribution < -0.4 is 14.9 Å². The molecule has 1 heterocycles. The van der Waals surface area contributed by atoms with Crippen molar-refractivity contribution in [1.82, 2.24) is 0 Å². The van der Waals surface area contributed by atoms with E-state index in [2.05, 4.69) is 0 Å². The Hall–Kier alpha value is -3.60. The van der Waals surface area contributed by atoms with Gasteiger partial charge in [-0.2, -0.15) is 0 Å². The van der Waals surface area contributed by atoms with Gasteiger partial charge >= 0.3 is 0 Å². The molecule has 0 fully saturated rings. The summed E-state index contributed by atoms with van der Waals surface area (Å²) in [6.45, 7) is 2.23. The Kier molecular flexibility index (Phi) is 4.81. The van der Waals surface area contributed by atoms with Crippen molar-refractivity contribution in [1.29, 1.82) is 0 Å². The van der Waals surface area contributed by atoms with Crippen LogP contribution in [0.15, 0.2) is 82.2 Å². The van der Waals surface area contributed by atoms with Gasteiger partial charge in [-0.15, -0.1) is 0 Å². The first kappa shape index (κ1) is 17.8. The number of hydrogen-bond acceptors (Lipinski definition) is 4. The maximum absolute atomic E-state index is 13.0. The van der Waals surface area contributed by atoms with Crippen LogP contribution in [0.2, 0.25) is 0 Å². The average molecular weight is 376 g/mol. The van der Waals surface area contributed by atoms with Crippen LogP contribution in [0.1, 0.15) is 11.1 Å². The van der Waals surface area contributed by atoms with Gasteiger partial charge in [0.25, 0.3) is 0 Å². The number of benzene rings is 3. The van der Waals surface area contributed by atoms with Crippen LogP contribution >= 0.6 is 0 Å². The highest BCUT2D eigenvalue weighted by atomic mass is 19.1. The van der Waals surface area contributed by atoms with Crippen LogP contribution in [-0.4, -0.2) is 0 Å². The summed E-state index contributed by atoms with van der Waals surface area (Å²) in [7, 11) is 0. The molecule has 5 heteroatoms. The number of aryl methyl sites for hydroxylation is 1. The summed E-state index contributed by atoms with van der Waals surface area (Å²) in [6, 6.07) is 18.5. The standard InChI is InChI=1S/C23H17FO4/c1-15-3-2-4-19(11-15)28-22-14-27-21-12-18(9-10-20(21)23(22)25)26-13-16-5-7-17(24)8-6-16/h2-12,14H,13H2,1H3. The number of halogens is 1. The SMILES string of the molecule is Cc1cccc(Oc2coc3cc(OCc4ccc(F)cc4)ccc3c2=O)c1. The second-order valence-corrected chi connectivity index (χ2v) is 6.42. The smallest absolute Gasteiger partial charge is 0.235 e. The van der Waals surface area contributed by atoms with Crippen LogP contribution in [0.3, 0.4) is 0 Å². The predicted molar refractivity (Wildman–Crippen MR) is 104 cm³/mol. The van der Waals surface area contributed by atoms with E-state index in [9.17, 15) is 9.18 Å². The van der Waals surface area contributed by atoms with Crippen molar-refractivity contribution >= 4 is 11.0 Å². The summed E-state index contributed by atoms with van der Waals surface area (Å²) in [5.41, 5.74) is 2.02. The Labute approximate surface area is 160 Å². The molecule has 0 amide bonds. The lowest BCUT2D eigenvalue weighted by Gasteiger charge is -2.08. The molecule has 4 aromatic rings. The Morgan fingerprint density at radius 3 is 2.57 bits per heavy atom. The molecule has 0 unspecified atom stereocenters. The van der Waals surface area contributed by atoms with Crippen molar-refractivity contribution in [3.8, 4) is 17.2 Å². The van der Waals surface area contributed by atoms with E-state index in [1.165, 1.54) is 18.4 Å². The normalized spacial score (nSPS) is 10.8. The van der Waals surface area contributed by atoms with Gasteiger partial charge in [0, 0.05) is 6.07 Å². The minimum Gasteiger partial charge on any atom is -0.489 e. The summed E-state index contributed by atoms with van der Waals surface area (Å²) >= 11 is 0. The molecule has 0 radical (unpaired) electrons. The molecule has 0 atom stereocenters. The van der Waals surface area contributed by atoms with Gasteiger partial charge in [-0.1, -0.05) is 24.3 Å². The van der Waals surface area contributed by atoms with E-state index in [0.717, 1.165) is 11.1 Å². The molecular weight excluding hydrogens is 359 g/mol. The second-order valence-electron chi connectivity index (χ2n) is 6.42. The monoisotopic (exact) mass is 376 g/mol. The molecule has 0 aliphatic heterocycles. The molecule has 28 heavy (non-hydrogen) atoms. The third-order valence-electron chi connectivity index (χ3n) is 4.25. The fourth-order valence-corrected chi connectivity index (χ4v) is 2.80. The highest BCUT2D eigenvalue weighted by molar-refractivity contribution is 5.79. The van der Waals surface area contributed by atoms with E-state index in [1.807, 2.05) is 25.1 Å². The van der Waals surface area contributed by atoms with E-state index in [0.29, 0.717) is 22.5 Å². The van der Waals surface area contributed by atoms with Crippen LogP contribution in [0.5, 0.6) is 17.2 Å². The molecule has 0 aliphatic carbocycles. The molecule has 0 saturated heterocycles. The highest BCUT2D eigenvalue weighted by Crippen LogP contribution is 2.25. The lowest BCUT2D eigenvalue weighted by Crippen LogP contribution is -2.05. The largest absolute Gasteiger partial charge is 0.489 e. The summed E-state index contributed by atoms with van der Waals surface area (Å²) in [6.07, 6.45) is 1.30. The van der Waals surface area contributed by atoms with Crippen molar-refractivity contribution in [3.05, 3.63) is 100 Å². The Bertz CT molecular complexity index is 1180. The molecule has 3 aromatic carbocycles. The molecule has 4 nitrogen and oxygen atoms in total. The first-order valence-electron chi connectivity index (χ1n) is 8.76. The van der Waals surface area contributed by atoms with Crippen molar-refractivity contribution in [2.24, 2.45) is 0 Å². The van der Waals surface area contributed by atoms with Gasteiger partial charge < -0.3 is 13.9 Å². The molecule has 0 aliphatic rings. The van der Waals surface area contributed by atoms with Crippen LogP contribution in [0.4, 0.5) is 4.39 Å². The van der Waals surface area contributed by atoms with Crippen molar-refractivity contribution in [2.75, 3.05) is 0 Å². The number of ether oxygens (including phenoxy) is 2. The maximum atomic E-state index is 13.0. The molecule has 1 aromatic heterocycles. The minimum absolute atomic E-state index is 0.123. The molecular formula is C23H17FO4. The third-order valence-corrected chi connectivity index (χ3v) is 4.25. The van der Waals surface area contributed by atoms with Gasteiger partial charge in [0.05, 0.1) is 5.39 Å². The van der Waals surface area contributed by atoms with Crippen LogP contribution in [-0.2, 0) is 6.61 Å². The lowest BCUT2D eigenvalue weighted by molar-refractivity contribution is 0.306. The van der Waals surface area contributed by atoms with Crippen LogP contribution in [0.25, 0.3) is 11.0 Å². The lowest BCUT2D eigenvalue weighted by atomic mass is 10.2. The van der Waals surface area contributed by atoms with Crippen molar-refractivity contribution < 1.29 is 18.3 Å². The highest BCUT2D eigenvalue weighted by Gasteiger charge is 2.10. The third kappa shape index (κ3) is 3.88. The van der Waals surface area contributed by atoms with E-state index >= 15 is 0 Å². The molecule has 4 rings (SSSR count). The number of rotatable bonds is 5. The molecule has 0 saturated carbocycles. The first-order valence-corrected chi connectivity index (χ1v) is 8.76. The Balaban J connectivity index is 1.55. The zero-order valence-electron chi connectivity index (χ0n) is 15.1. The minimum atomic E-state index is -0.292. The van der Waals surface area contributed by atoms with Crippen molar-refractivity contribution in [2.45, 2.75) is 13.5 Å². The van der Waals surface area contributed by atoms with Gasteiger partial charge in [0.2, 0.25) is 11.2 Å². The van der Waals surface area contributed by atoms with E-state index < -0.39 is 0 Å². The topological polar surface area (TPSA) is 48.7 Å². The van der Waals surface area contributed by atoms with E-state index in [-0.39, 0.29) is 23.6 Å². The summed E-state index contributed by atoms with van der Waals surface area (Å²) < 4.78 is 29.9. The fourth-order valence-electron chi connectivity index (χ4n) is 2.80. The molecule has 0 N–H and O–H groups in total. The molecule has 0 spiro atoms. The average Bonchev–Trinajstić information content (AvgIpc) is 2.70.